The molecular weight excluding hydrogens is 434 g/mol. The highest BCUT2D eigenvalue weighted by molar-refractivity contribution is 5.87. The van der Waals surface area contributed by atoms with Gasteiger partial charge in [-0.15, -0.1) is 0 Å². The summed E-state index contributed by atoms with van der Waals surface area (Å²) in [5.41, 5.74) is 1.59. The Kier molecular flexibility index (Phi) is 5.50. The van der Waals surface area contributed by atoms with E-state index >= 15 is 0 Å². The van der Waals surface area contributed by atoms with Gasteiger partial charge in [-0.25, -0.2) is 15.0 Å². The minimum atomic E-state index is -1.70. The quantitative estimate of drug-likeness (QED) is 0.449. The third-order valence-electron chi connectivity index (χ3n) is 5.91. The Bertz CT molecular complexity index is 1330. The Labute approximate surface area is 195 Å². The zero-order valence-electron chi connectivity index (χ0n) is 18.7. The molecule has 10 heteroatoms. The molecule has 4 aromatic heterocycles. The molecule has 4 aromatic rings. The van der Waals surface area contributed by atoms with Crippen LogP contribution in [0.3, 0.4) is 0 Å². The SMILES string of the molecule is C[C@@H](Nc1nccc(-c2cccc(-c3cc(C4(O)CCN(C)C4=O)on3)n2)n1)c1ccncc1. The summed E-state index contributed by atoms with van der Waals surface area (Å²) in [6.07, 6.45) is 5.41. The van der Waals surface area contributed by atoms with E-state index in [1.165, 1.54) is 4.90 Å². The maximum absolute atomic E-state index is 12.4. The van der Waals surface area contributed by atoms with Crippen LogP contribution in [0, 0.1) is 0 Å². The first-order chi connectivity index (χ1) is 16.4. The summed E-state index contributed by atoms with van der Waals surface area (Å²) in [7, 11) is 1.64. The molecule has 0 spiro atoms. The second-order valence-corrected chi connectivity index (χ2v) is 8.23. The number of rotatable bonds is 6. The van der Waals surface area contributed by atoms with Crippen LogP contribution in [0.25, 0.3) is 22.8 Å². The van der Waals surface area contributed by atoms with Crippen molar-refractivity contribution in [1.29, 1.82) is 0 Å². The first-order valence-electron chi connectivity index (χ1n) is 10.9. The predicted octanol–water partition coefficient (Wildman–Crippen LogP) is 2.81. The average Bonchev–Trinajstić information content (AvgIpc) is 3.47. The Balaban J connectivity index is 1.39. The molecule has 1 aliphatic rings. The van der Waals surface area contributed by atoms with Crippen molar-refractivity contribution >= 4 is 11.9 Å². The van der Waals surface area contributed by atoms with Crippen molar-refractivity contribution in [3.8, 4) is 22.8 Å². The summed E-state index contributed by atoms with van der Waals surface area (Å²) < 4.78 is 5.35. The molecule has 172 valence electrons. The number of anilines is 1. The molecule has 2 atom stereocenters. The number of likely N-dealkylation sites (tertiary alicyclic amines) is 1. The molecule has 0 bridgehead atoms. The summed E-state index contributed by atoms with van der Waals surface area (Å²) >= 11 is 0. The van der Waals surface area contributed by atoms with E-state index in [0.717, 1.165) is 5.56 Å². The van der Waals surface area contributed by atoms with E-state index in [9.17, 15) is 9.90 Å². The lowest BCUT2D eigenvalue weighted by atomic mass is 9.98. The minimum absolute atomic E-state index is 0.00533. The van der Waals surface area contributed by atoms with Gasteiger partial charge in [0.1, 0.15) is 5.69 Å². The van der Waals surface area contributed by atoms with Gasteiger partial charge in [0.2, 0.25) is 11.5 Å². The van der Waals surface area contributed by atoms with Crippen LogP contribution in [-0.2, 0) is 10.4 Å². The van der Waals surface area contributed by atoms with Crippen LogP contribution < -0.4 is 5.32 Å². The van der Waals surface area contributed by atoms with E-state index in [0.29, 0.717) is 35.3 Å². The van der Waals surface area contributed by atoms with E-state index in [-0.39, 0.29) is 18.2 Å². The fraction of sp³-hybridized carbons (Fsp3) is 0.250. The van der Waals surface area contributed by atoms with Gasteiger partial charge in [0.25, 0.3) is 5.91 Å². The molecule has 1 aliphatic heterocycles. The Morgan fingerprint density at radius 1 is 1.06 bits per heavy atom. The lowest BCUT2D eigenvalue weighted by Gasteiger charge is -2.16. The fourth-order valence-electron chi connectivity index (χ4n) is 3.89. The van der Waals surface area contributed by atoms with Crippen molar-refractivity contribution in [2.24, 2.45) is 0 Å². The van der Waals surface area contributed by atoms with Crippen molar-refractivity contribution in [3.63, 3.8) is 0 Å². The summed E-state index contributed by atoms with van der Waals surface area (Å²) in [5, 5.41) is 18.1. The fourth-order valence-corrected chi connectivity index (χ4v) is 3.89. The van der Waals surface area contributed by atoms with E-state index in [2.05, 4.69) is 30.4 Å². The van der Waals surface area contributed by atoms with Crippen molar-refractivity contribution in [2.75, 3.05) is 18.9 Å². The molecule has 0 aliphatic carbocycles. The van der Waals surface area contributed by atoms with Gasteiger partial charge in [-0.1, -0.05) is 11.2 Å². The van der Waals surface area contributed by atoms with Crippen LogP contribution in [0.5, 0.6) is 0 Å². The molecule has 2 N–H and O–H groups in total. The van der Waals surface area contributed by atoms with Crippen molar-refractivity contribution in [2.45, 2.75) is 25.0 Å². The van der Waals surface area contributed by atoms with Gasteiger partial charge in [0.05, 0.1) is 23.1 Å². The standard InChI is InChI=1S/C24H23N7O3/c1-15(16-6-10-25-11-7-16)27-23-26-12-8-19(29-23)17-4-3-5-18(28-17)20-14-21(34-30-20)24(33)9-13-31(2)22(24)32/h3-8,10-12,14-15,33H,9,13H2,1-2H3,(H,26,27,29)/t15-,24?/m1/s1. The smallest absolute Gasteiger partial charge is 0.262 e. The highest BCUT2D eigenvalue weighted by Gasteiger charge is 2.48. The molecule has 0 aromatic carbocycles. The van der Waals surface area contributed by atoms with E-state index in [4.69, 9.17) is 4.52 Å². The maximum Gasteiger partial charge on any atom is 0.262 e. The van der Waals surface area contributed by atoms with Gasteiger partial charge in [0, 0.05) is 44.7 Å². The number of pyridine rings is 2. The summed E-state index contributed by atoms with van der Waals surface area (Å²) in [6.45, 7) is 2.47. The molecule has 1 saturated heterocycles. The van der Waals surface area contributed by atoms with Crippen molar-refractivity contribution < 1.29 is 14.4 Å². The summed E-state index contributed by atoms with van der Waals surface area (Å²) in [4.78, 5) is 31.5. The Morgan fingerprint density at radius 3 is 2.53 bits per heavy atom. The van der Waals surface area contributed by atoms with E-state index < -0.39 is 11.5 Å². The lowest BCUT2D eigenvalue weighted by molar-refractivity contribution is -0.144. The maximum atomic E-state index is 12.4. The third kappa shape index (κ3) is 3.99. The van der Waals surface area contributed by atoms with E-state index in [1.807, 2.05) is 31.2 Å². The monoisotopic (exact) mass is 457 g/mol. The second-order valence-electron chi connectivity index (χ2n) is 8.23. The largest absolute Gasteiger partial charge is 0.373 e. The number of hydrogen-bond donors (Lipinski definition) is 2. The molecule has 34 heavy (non-hydrogen) atoms. The van der Waals surface area contributed by atoms with Gasteiger partial charge in [-0.2, -0.15) is 0 Å². The molecule has 0 radical (unpaired) electrons. The molecule has 10 nitrogen and oxygen atoms in total. The van der Waals surface area contributed by atoms with Crippen LogP contribution in [0.4, 0.5) is 5.95 Å². The normalized spacial score (nSPS) is 18.8. The van der Waals surface area contributed by atoms with Crippen LogP contribution in [0.1, 0.15) is 30.7 Å². The van der Waals surface area contributed by atoms with E-state index in [1.54, 1.807) is 43.8 Å². The molecule has 5 heterocycles. The number of likely N-dealkylation sites (N-methyl/N-ethyl adjacent to an activating group) is 1. The van der Waals surface area contributed by atoms with Gasteiger partial charge < -0.3 is 19.8 Å². The number of nitrogens with one attached hydrogen (secondary N) is 1. The number of hydrogen-bond acceptors (Lipinski definition) is 9. The molecule has 1 unspecified atom stereocenters. The van der Waals surface area contributed by atoms with Crippen LogP contribution in [-0.4, -0.2) is 54.6 Å². The van der Waals surface area contributed by atoms with Gasteiger partial charge in [-0.05, 0) is 42.8 Å². The number of carbonyl (C=O) groups excluding carboxylic acids is 1. The number of carbonyl (C=O) groups is 1. The summed E-state index contributed by atoms with van der Waals surface area (Å²) in [6, 6.07) is 12.7. The predicted molar refractivity (Wildman–Crippen MR) is 123 cm³/mol. The molecular formula is C24H23N7O3. The second kappa shape index (κ2) is 8.64. The molecule has 1 amide bonds. The first-order valence-corrected chi connectivity index (χ1v) is 10.9. The topological polar surface area (TPSA) is 130 Å². The molecule has 0 saturated carbocycles. The van der Waals surface area contributed by atoms with Crippen LogP contribution in [0.2, 0.25) is 0 Å². The highest BCUT2D eigenvalue weighted by Crippen LogP contribution is 2.34. The number of aliphatic hydroxyl groups is 1. The Morgan fingerprint density at radius 2 is 1.79 bits per heavy atom. The van der Waals surface area contributed by atoms with Crippen LogP contribution >= 0.6 is 0 Å². The van der Waals surface area contributed by atoms with Crippen molar-refractivity contribution in [1.82, 2.24) is 30.0 Å². The van der Waals surface area contributed by atoms with Gasteiger partial charge >= 0.3 is 0 Å². The lowest BCUT2D eigenvalue weighted by Crippen LogP contribution is -2.35. The number of amides is 1. The molecule has 5 rings (SSSR count). The van der Waals surface area contributed by atoms with Crippen LogP contribution in [0.15, 0.2) is 65.6 Å². The van der Waals surface area contributed by atoms with Gasteiger partial charge in [0.15, 0.2) is 5.76 Å². The highest BCUT2D eigenvalue weighted by atomic mass is 16.5. The molecule has 1 fully saturated rings. The Hall–Kier alpha value is -4.18. The number of nitrogens with zero attached hydrogens (tertiary/aromatic N) is 6. The summed E-state index contributed by atoms with van der Waals surface area (Å²) in [5.74, 6) is 0.186. The zero-order valence-corrected chi connectivity index (χ0v) is 18.7. The zero-order chi connectivity index (χ0) is 23.7. The first kappa shape index (κ1) is 21.7. The number of aromatic nitrogens is 5. The minimum Gasteiger partial charge on any atom is -0.373 e. The van der Waals surface area contributed by atoms with Crippen molar-refractivity contribution in [3.05, 3.63) is 72.4 Å². The third-order valence-corrected chi connectivity index (χ3v) is 5.91. The van der Waals surface area contributed by atoms with Gasteiger partial charge in [-0.3, -0.25) is 9.78 Å². The average molecular weight is 457 g/mol.